The monoisotopic (exact) mass is 236 g/mol. The molecular formula is C16H16N2. The van der Waals surface area contributed by atoms with E-state index >= 15 is 0 Å². The molecule has 3 N–H and O–H groups in total. The summed E-state index contributed by atoms with van der Waals surface area (Å²) in [5, 5.41) is 7.80. The van der Waals surface area contributed by atoms with Gasteiger partial charge in [-0.1, -0.05) is 26.0 Å². The number of hydrogen-bond donors (Lipinski definition) is 2. The van der Waals surface area contributed by atoms with Crippen LogP contribution in [0.1, 0.15) is 25.0 Å². The number of fused-ring (bicyclic) bond motifs is 2. The first kappa shape index (κ1) is 11.0. The zero-order valence-corrected chi connectivity index (χ0v) is 10.6. The third kappa shape index (κ3) is 1.46. The first-order valence-corrected chi connectivity index (χ1v) is 6.09. The number of allylic oxidation sites excluding steroid dienone is 5. The van der Waals surface area contributed by atoms with Crippen molar-refractivity contribution in [3.8, 4) is 0 Å². The Kier molecular flexibility index (Phi) is 2.11. The molecule has 0 aliphatic heterocycles. The molecule has 0 spiro atoms. The Hall–Kier alpha value is -2.09. The lowest BCUT2D eigenvalue weighted by atomic mass is 9.67. The Morgan fingerprint density at radius 3 is 2.67 bits per heavy atom. The predicted molar refractivity (Wildman–Crippen MR) is 76.8 cm³/mol. The molecule has 0 bridgehead atoms. The van der Waals surface area contributed by atoms with E-state index in [0.717, 1.165) is 5.69 Å². The van der Waals surface area contributed by atoms with Gasteiger partial charge in [-0.3, -0.25) is 0 Å². The highest BCUT2D eigenvalue weighted by Crippen LogP contribution is 2.44. The lowest BCUT2D eigenvalue weighted by Gasteiger charge is -2.36. The molecule has 3 rings (SSSR count). The maximum atomic E-state index is 7.80. The molecule has 0 amide bonds. The zero-order chi connectivity index (χ0) is 12.9. The molecule has 1 aromatic carbocycles. The van der Waals surface area contributed by atoms with E-state index in [1.54, 1.807) is 0 Å². The third-order valence-corrected chi connectivity index (χ3v) is 3.79. The average molecular weight is 236 g/mol. The fourth-order valence-corrected chi connectivity index (χ4v) is 2.78. The van der Waals surface area contributed by atoms with E-state index in [1.165, 1.54) is 22.3 Å². The van der Waals surface area contributed by atoms with E-state index in [0.29, 0.717) is 5.71 Å². The van der Waals surface area contributed by atoms with Crippen LogP contribution >= 0.6 is 0 Å². The number of benzene rings is 1. The largest absolute Gasteiger partial charge is 0.399 e. The van der Waals surface area contributed by atoms with Gasteiger partial charge < -0.3 is 11.1 Å². The summed E-state index contributed by atoms with van der Waals surface area (Å²) >= 11 is 0. The van der Waals surface area contributed by atoms with Crippen LogP contribution < -0.4 is 5.73 Å². The Morgan fingerprint density at radius 2 is 1.89 bits per heavy atom. The molecule has 2 heteroatoms. The molecule has 0 unspecified atom stereocenters. The van der Waals surface area contributed by atoms with Crippen molar-refractivity contribution >= 4 is 17.5 Å². The van der Waals surface area contributed by atoms with Crippen LogP contribution in [0, 0.1) is 5.41 Å². The Balaban J connectivity index is 2.30. The topological polar surface area (TPSA) is 49.9 Å². The van der Waals surface area contributed by atoms with Gasteiger partial charge in [0.05, 0.1) is 5.71 Å². The van der Waals surface area contributed by atoms with E-state index < -0.39 is 0 Å². The van der Waals surface area contributed by atoms with Crippen molar-refractivity contribution in [2.75, 3.05) is 5.73 Å². The minimum atomic E-state index is -0.105. The second-order valence-corrected chi connectivity index (χ2v) is 5.42. The summed E-state index contributed by atoms with van der Waals surface area (Å²) in [6.45, 7) is 4.38. The van der Waals surface area contributed by atoms with Gasteiger partial charge >= 0.3 is 0 Å². The van der Waals surface area contributed by atoms with Crippen LogP contribution in [0.25, 0.3) is 6.08 Å². The van der Waals surface area contributed by atoms with Gasteiger partial charge in [-0.2, -0.15) is 0 Å². The molecular weight excluding hydrogens is 220 g/mol. The van der Waals surface area contributed by atoms with Gasteiger partial charge in [-0.05, 0) is 52.6 Å². The van der Waals surface area contributed by atoms with Crippen LogP contribution in [0.4, 0.5) is 5.69 Å². The summed E-state index contributed by atoms with van der Waals surface area (Å²) in [7, 11) is 0. The van der Waals surface area contributed by atoms with E-state index in [9.17, 15) is 0 Å². The van der Waals surface area contributed by atoms with E-state index in [2.05, 4.69) is 26.0 Å². The first-order valence-electron chi connectivity index (χ1n) is 6.09. The molecule has 0 atom stereocenters. The molecule has 0 aromatic heterocycles. The molecule has 1 aromatic rings. The number of nitrogen functional groups attached to an aromatic ring is 1. The molecule has 0 fully saturated rings. The highest BCUT2D eigenvalue weighted by atomic mass is 14.5. The molecule has 2 aliphatic rings. The maximum absolute atomic E-state index is 7.80. The fraction of sp³-hybridized carbons (Fsp3) is 0.188. The molecule has 2 nitrogen and oxygen atoms in total. The van der Waals surface area contributed by atoms with Crippen LogP contribution in [-0.4, -0.2) is 5.71 Å². The number of anilines is 1. The summed E-state index contributed by atoms with van der Waals surface area (Å²) in [6.07, 6.45) is 8.00. The van der Waals surface area contributed by atoms with Crippen LogP contribution in [-0.2, 0) is 5.41 Å². The number of hydrogen-bond acceptors (Lipinski definition) is 2. The average Bonchev–Trinajstić information content (AvgIpc) is 2.32. The summed E-state index contributed by atoms with van der Waals surface area (Å²) in [4.78, 5) is 0. The molecule has 2 aliphatic carbocycles. The van der Waals surface area contributed by atoms with Crippen molar-refractivity contribution in [1.29, 1.82) is 5.41 Å². The van der Waals surface area contributed by atoms with Gasteiger partial charge in [0, 0.05) is 11.1 Å². The molecule has 0 saturated carbocycles. The highest BCUT2D eigenvalue weighted by molar-refractivity contribution is 6.05. The Bertz CT molecular complexity index is 643. The summed E-state index contributed by atoms with van der Waals surface area (Å²) in [5.41, 5.74) is 12.0. The maximum Gasteiger partial charge on any atom is 0.0543 e. The van der Waals surface area contributed by atoms with Gasteiger partial charge in [-0.25, -0.2) is 0 Å². The van der Waals surface area contributed by atoms with E-state index in [-0.39, 0.29) is 5.41 Å². The van der Waals surface area contributed by atoms with Crippen molar-refractivity contribution in [2.24, 2.45) is 0 Å². The fourth-order valence-electron chi connectivity index (χ4n) is 2.78. The van der Waals surface area contributed by atoms with E-state index in [4.69, 9.17) is 11.1 Å². The summed E-state index contributed by atoms with van der Waals surface area (Å²) < 4.78 is 0. The van der Waals surface area contributed by atoms with Crippen molar-refractivity contribution in [3.05, 3.63) is 58.7 Å². The number of nitrogens with two attached hydrogens (primary N) is 1. The zero-order valence-electron chi connectivity index (χ0n) is 10.6. The van der Waals surface area contributed by atoms with Crippen LogP contribution in [0.2, 0.25) is 0 Å². The second-order valence-electron chi connectivity index (χ2n) is 5.42. The standard InChI is InChI=1S/C16H16N2/c1-16(2)14-8-12(17)5-3-10(14)7-11-4-6-13(18)9-15(11)16/h3-9,17H,18H2,1-2H3. The second kappa shape index (κ2) is 3.45. The molecule has 18 heavy (non-hydrogen) atoms. The van der Waals surface area contributed by atoms with Gasteiger partial charge in [0.2, 0.25) is 0 Å². The van der Waals surface area contributed by atoms with Crippen LogP contribution in [0.3, 0.4) is 0 Å². The third-order valence-electron chi connectivity index (χ3n) is 3.79. The first-order chi connectivity index (χ1) is 8.48. The SMILES string of the molecule is CC1(C)C2=CC(=N)C=CC2=Cc2ccc(N)cc21. The van der Waals surface area contributed by atoms with Gasteiger partial charge in [0.15, 0.2) is 0 Å². The summed E-state index contributed by atoms with van der Waals surface area (Å²) in [6, 6.07) is 6.06. The number of nitrogens with one attached hydrogen (secondary N) is 1. The van der Waals surface area contributed by atoms with Crippen molar-refractivity contribution in [1.82, 2.24) is 0 Å². The Morgan fingerprint density at radius 1 is 1.11 bits per heavy atom. The normalized spacial score (nSPS) is 19.8. The van der Waals surface area contributed by atoms with E-state index in [1.807, 2.05) is 30.4 Å². The Labute approximate surface area is 107 Å². The minimum Gasteiger partial charge on any atom is -0.399 e. The van der Waals surface area contributed by atoms with Crippen LogP contribution in [0.15, 0.2) is 47.6 Å². The van der Waals surface area contributed by atoms with Crippen molar-refractivity contribution < 1.29 is 0 Å². The lowest BCUT2D eigenvalue weighted by Crippen LogP contribution is -2.27. The van der Waals surface area contributed by atoms with Crippen molar-refractivity contribution in [2.45, 2.75) is 19.3 Å². The molecule has 0 saturated heterocycles. The van der Waals surface area contributed by atoms with Crippen molar-refractivity contribution in [3.63, 3.8) is 0 Å². The smallest absolute Gasteiger partial charge is 0.0543 e. The summed E-state index contributed by atoms with van der Waals surface area (Å²) in [5.74, 6) is 0. The number of rotatable bonds is 0. The predicted octanol–water partition coefficient (Wildman–Crippen LogP) is 3.46. The quantitative estimate of drug-likeness (QED) is 0.666. The van der Waals surface area contributed by atoms with Gasteiger partial charge in [-0.15, -0.1) is 0 Å². The molecule has 0 radical (unpaired) electrons. The van der Waals surface area contributed by atoms with Gasteiger partial charge in [0.25, 0.3) is 0 Å². The molecule has 90 valence electrons. The molecule has 0 heterocycles. The highest BCUT2D eigenvalue weighted by Gasteiger charge is 2.33. The lowest BCUT2D eigenvalue weighted by molar-refractivity contribution is 0.628. The minimum absolute atomic E-state index is 0.105. The van der Waals surface area contributed by atoms with Crippen LogP contribution in [0.5, 0.6) is 0 Å². The van der Waals surface area contributed by atoms with Gasteiger partial charge in [0.1, 0.15) is 0 Å².